The third-order valence-corrected chi connectivity index (χ3v) is 2.63. The fourth-order valence-electron chi connectivity index (χ4n) is 1.87. The maximum Gasteiger partial charge on any atom is 0.255 e. The molecule has 1 heterocycles. The average Bonchev–Trinajstić information content (AvgIpc) is 2.67. The molecule has 18 heavy (non-hydrogen) atoms. The van der Waals surface area contributed by atoms with Crippen LogP contribution in [0.25, 0.3) is 11.1 Å². The Morgan fingerprint density at radius 3 is 2.83 bits per heavy atom. The maximum absolute atomic E-state index is 10.7. The molecule has 0 saturated heterocycles. The quantitative estimate of drug-likeness (QED) is 0.857. The van der Waals surface area contributed by atoms with Crippen molar-refractivity contribution in [3.63, 3.8) is 0 Å². The monoisotopic (exact) mass is 245 g/mol. The first-order valence-electron chi connectivity index (χ1n) is 5.61. The van der Waals surface area contributed by atoms with Crippen molar-refractivity contribution in [3.05, 3.63) is 35.7 Å². The van der Waals surface area contributed by atoms with Gasteiger partial charge in [0.15, 0.2) is 6.61 Å². The zero-order valence-corrected chi connectivity index (χ0v) is 10.4. The van der Waals surface area contributed by atoms with Crippen LogP contribution < -0.4 is 10.5 Å². The lowest BCUT2D eigenvalue weighted by Crippen LogP contribution is -2.19. The standard InChI is InChI=1S/C13H15N3O2/c1-8-13(9(2)16-15-8)10-4-3-5-11(6-10)18-7-12(14)17/h3-6H,7H2,1-2H3,(H2,14,17)(H,15,16). The largest absolute Gasteiger partial charge is 0.484 e. The van der Waals surface area contributed by atoms with E-state index in [0.29, 0.717) is 5.75 Å². The summed E-state index contributed by atoms with van der Waals surface area (Å²) < 4.78 is 5.28. The summed E-state index contributed by atoms with van der Waals surface area (Å²) in [7, 11) is 0. The van der Waals surface area contributed by atoms with E-state index in [1.807, 2.05) is 32.0 Å². The van der Waals surface area contributed by atoms with Crippen molar-refractivity contribution in [3.8, 4) is 16.9 Å². The van der Waals surface area contributed by atoms with Gasteiger partial charge in [-0.2, -0.15) is 5.10 Å². The third-order valence-electron chi connectivity index (χ3n) is 2.63. The number of carbonyl (C=O) groups is 1. The van der Waals surface area contributed by atoms with Crippen LogP contribution in [-0.2, 0) is 4.79 Å². The highest BCUT2D eigenvalue weighted by Crippen LogP contribution is 2.28. The molecule has 0 spiro atoms. The molecule has 1 amide bonds. The highest BCUT2D eigenvalue weighted by atomic mass is 16.5. The zero-order chi connectivity index (χ0) is 13.1. The summed E-state index contributed by atoms with van der Waals surface area (Å²) in [5.41, 5.74) is 9.03. The van der Waals surface area contributed by atoms with E-state index in [9.17, 15) is 4.79 Å². The van der Waals surface area contributed by atoms with Crippen molar-refractivity contribution in [2.45, 2.75) is 13.8 Å². The molecule has 0 atom stereocenters. The number of nitrogens with one attached hydrogen (secondary N) is 1. The fourth-order valence-corrected chi connectivity index (χ4v) is 1.87. The number of hydrogen-bond acceptors (Lipinski definition) is 3. The lowest BCUT2D eigenvalue weighted by molar-refractivity contribution is -0.119. The minimum Gasteiger partial charge on any atom is -0.484 e. The van der Waals surface area contributed by atoms with E-state index in [2.05, 4.69) is 10.2 Å². The summed E-state index contributed by atoms with van der Waals surface area (Å²) in [5, 5.41) is 7.10. The van der Waals surface area contributed by atoms with Crippen LogP contribution in [0.1, 0.15) is 11.4 Å². The molecule has 0 aliphatic rings. The molecular weight excluding hydrogens is 230 g/mol. The van der Waals surface area contributed by atoms with Gasteiger partial charge in [0, 0.05) is 11.3 Å². The lowest BCUT2D eigenvalue weighted by atomic mass is 10.0. The highest BCUT2D eigenvalue weighted by Gasteiger charge is 2.09. The molecule has 0 aliphatic carbocycles. The molecule has 0 radical (unpaired) electrons. The number of carbonyl (C=O) groups excluding carboxylic acids is 1. The molecule has 1 aromatic carbocycles. The number of benzene rings is 1. The van der Waals surface area contributed by atoms with Gasteiger partial charge in [0.25, 0.3) is 5.91 Å². The Hall–Kier alpha value is -2.30. The van der Waals surface area contributed by atoms with E-state index in [1.165, 1.54) is 0 Å². The third kappa shape index (κ3) is 2.51. The molecular formula is C13H15N3O2. The molecule has 0 saturated carbocycles. The van der Waals surface area contributed by atoms with Gasteiger partial charge in [-0.05, 0) is 31.5 Å². The first-order chi connectivity index (χ1) is 8.58. The van der Waals surface area contributed by atoms with Crippen LogP contribution in [0.5, 0.6) is 5.75 Å². The van der Waals surface area contributed by atoms with Gasteiger partial charge in [-0.3, -0.25) is 9.89 Å². The van der Waals surface area contributed by atoms with Crippen LogP contribution in [0.2, 0.25) is 0 Å². The molecule has 0 fully saturated rings. The van der Waals surface area contributed by atoms with Crippen LogP contribution in [-0.4, -0.2) is 22.7 Å². The minimum atomic E-state index is -0.490. The number of nitrogens with zero attached hydrogens (tertiary/aromatic N) is 1. The highest BCUT2D eigenvalue weighted by molar-refractivity contribution is 5.75. The summed E-state index contributed by atoms with van der Waals surface area (Å²) in [6.45, 7) is 3.79. The van der Waals surface area contributed by atoms with Gasteiger partial charge >= 0.3 is 0 Å². The second kappa shape index (κ2) is 4.91. The number of hydrogen-bond donors (Lipinski definition) is 2. The molecule has 5 heteroatoms. The van der Waals surface area contributed by atoms with Gasteiger partial charge in [0.2, 0.25) is 0 Å². The number of ether oxygens (including phenoxy) is 1. The topological polar surface area (TPSA) is 81.0 Å². The number of primary amides is 1. The van der Waals surface area contributed by atoms with Crippen LogP contribution in [0.3, 0.4) is 0 Å². The smallest absolute Gasteiger partial charge is 0.255 e. The molecule has 1 aromatic heterocycles. The predicted octanol–water partition coefficient (Wildman–Crippen LogP) is 1.56. The van der Waals surface area contributed by atoms with E-state index >= 15 is 0 Å². The first kappa shape index (κ1) is 12.2. The summed E-state index contributed by atoms with van der Waals surface area (Å²) in [6, 6.07) is 7.50. The fraction of sp³-hybridized carbons (Fsp3) is 0.231. The predicted molar refractivity (Wildman–Crippen MR) is 68.2 cm³/mol. The van der Waals surface area contributed by atoms with Crippen LogP contribution >= 0.6 is 0 Å². The van der Waals surface area contributed by atoms with Crippen molar-refractivity contribution >= 4 is 5.91 Å². The Balaban J connectivity index is 2.30. The number of aromatic nitrogens is 2. The van der Waals surface area contributed by atoms with Crippen LogP contribution in [0.15, 0.2) is 24.3 Å². The van der Waals surface area contributed by atoms with Gasteiger partial charge < -0.3 is 10.5 Å². The number of rotatable bonds is 4. The van der Waals surface area contributed by atoms with E-state index in [0.717, 1.165) is 22.5 Å². The van der Waals surface area contributed by atoms with E-state index in [4.69, 9.17) is 10.5 Å². The van der Waals surface area contributed by atoms with Gasteiger partial charge in [-0.1, -0.05) is 12.1 Å². The van der Waals surface area contributed by atoms with Crippen molar-refractivity contribution in [1.82, 2.24) is 10.2 Å². The molecule has 0 bridgehead atoms. The summed E-state index contributed by atoms with van der Waals surface area (Å²) in [4.78, 5) is 10.7. The Labute approximate surface area is 105 Å². The summed E-state index contributed by atoms with van der Waals surface area (Å²) in [6.07, 6.45) is 0. The molecule has 2 aromatic rings. The van der Waals surface area contributed by atoms with Crippen molar-refractivity contribution < 1.29 is 9.53 Å². The second-order valence-electron chi connectivity index (χ2n) is 4.09. The lowest BCUT2D eigenvalue weighted by Gasteiger charge is -2.06. The number of amides is 1. The maximum atomic E-state index is 10.7. The van der Waals surface area contributed by atoms with Crippen LogP contribution in [0, 0.1) is 13.8 Å². The Morgan fingerprint density at radius 1 is 1.44 bits per heavy atom. The molecule has 5 nitrogen and oxygen atoms in total. The Bertz CT molecular complexity index is 556. The van der Waals surface area contributed by atoms with Crippen molar-refractivity contribution in [2.75, 3.05) is 6.61 Å². The SMILES string of the molecule is Cc1n[nH]c(C)c1-c1cccc(OCC(N)=O)c1. The van der Waals surface area contributed by atoms with Crippen LogP contribution in [0.4, 0.5) is 0 Å². The minimum absolute atomic E-state index is 0.118. The van der Waals surface area contributed by atoms with E-state index in [1.54, 1.807) is 6.07 Å². The molecule has 3 N–H and O–H groups in total. The molecule has 2 rings (SSSR count). The van der Waals surface area contributed by atoms with E-state index < -0.39 is 5.91 Å². The zero-order valence-electron chi connectivity index (χ0n) is 10.4. The van der Waals surface area contributed by atoms with Crippen molar-refractivity contribution in [1.29, 1.82) is 0 Å². The normalized spacial score (nSPS) is 10.3. The Morgan fingerprint density at radius 2 is 2.22 bits per heavy atom. The first-order valence-corrected chi connectivity index (χ1v) is 5.61. The van der Waals surface area contributed by atoms with E-state index in [-0.39, 0.29) is 6.61 Å². The Kier molecular flexibility index (Phi) is 3.32. The second-order valence-corrected chi connectivity index (χ2v) is 4.09. The number of aryl methyl sites for hydroxylation is 2. The molecule has 94 valence electrons. The van der Waals surface area contributed by atoms with Gasteiger partial charge in [0.1, 0.15) is 5.75 Å². The summed E-state index contributed by atoms with van der Waals surface area (Å²) >= 11 is 0. The number of H-pyrrole nitrogens is 1. The van der Waals surface area contributed by atoms with Gasteiger partial charge in [-0.25, -0.2) is 0 Å². The average molecular weight is 245 g/mol. The van der Waals surface area contributed by atoms with Gasteiger partial charge in [0.05, 0.1) is 5.69 Å². The molecule has 0 unspecified atom stereocenters. The van der Waals surface area contributed by atoms with Gasteiger partial charge in [-0.15, -0.1) is 0 Å². The summed E-state index contributed by atoms with van der Waals surface area (Å²) in [5.74, 6) is 0.127. The number of aromatic amines is 1. The number of nitrogens with two attached hydrogens (primary N) is 1. The van der Waals surface area contributed by atoms with Crippen molar-refractivity contribution in [2.24, 2.45) is 5.73 Å². The molecule has 0 aliphatic heterocycles.